The Morgan fingerprint density at radius 1 is 1.23 bits per heavy atom. The van der Waals surface area contributed by atoms with E-state index < -0.39 is 9.84 Å². The van der Waals surface area contributed by atoms with Crippen LogP contribution in [0.15, 0.2) is 29.2 Å². The van der Waals surface area contributed by atoms with E-state index in [2.05, 4.69) is 38.2 Å². The molecule has 0 bridgehead atoms. The smallest absolute Gasteiger partial charge is 0.230 e. The molecule has 0 aromatic heterocycles. The lowest BCUT2D eigenvalue weighted by molar-refractivity contribution is -0.118. The van der Waals surface area contributed by atoms with E-state index in [4.69, 9.17) is 0 Å². The first kappa shape index (κ1) is 17.3. The summed E-state index contributed by atoms with van der Waals surface area (Å²) in [4.78, 5) is 12.8. The molecule has 0 aliphatic carbocycles. The quantitative estimate of drug-likeness (QED) is 0.834. The molecule has 1 saturated heterocycles. The van der Waals surface area contributed by atoms with Gasteiger partial charge in [-0.25, -0.2) is 8.42 Å². The number of nitrogens with one attached hydrogen (secondary N) is 1. The summed E-state index contributed by atoms with van der Waals surface area (Å²) in [6.45, 7) is 6.97. The number of amides is 1. The van der Waals surface area contributed by atoms with Crippen molar-refractivity contribution in [3.63, 3.8) is 0 Å². The highest BCUT2D eigenvalue weighted by atomic mass is 32.2. The van der Waals surface area contributed by atoms with Gasteiger partial charge >= 0.3 is 0 Å². The number of hydrogen-bond donors (Lipinski definition) is 1. The van der Waals surface area contributed by atoms with Crippen molar-refractivity contribution in [1.82, 2.24) is 5.32 Å². The Bertz CT molecular complexity index is 618. The van der Waals surface area contributed by atoms with Gasteiger partial charge in [-0.2, -0.15) is 0 Å². The standard InChI is InChI=1S/C16H23NO3S2/c1-16(2,3)13-4-6-14(7-5-13)21-9-15(18)17-8-12-10-22(19,20)11-12/h4-7,12H,8-11H2,1-3H3,(H,17,18). The molecule has 1 aliphatic rings. The van der Waals surface area contributed by atoms with Crippen LogP contribution in [0.1, 0.15) is 26.3 Å². The fourth-order valence-electron chi connectivity index (χ4n) is 2.30. The Kier molecular flexibility index (Phi) is 5.22. The summed E-state index contributed by atoms with van der Waals surface area (Å²) in [6.07, 6.45) is 0. The van der Waals surface area contributed by atoms with Crippen LogP contribution in [-0.2, 0) is 20.0 Å². The van der Waals surface area contributed by atoms with Crippen molar-refractivity contribution in [2.45, 2.75) is 31.1 Å². The zero-order valence-corrected chi connectivity index (χ0v) is 14.9. The summed E-state index contributed by atoms with van der Waals surface area (Å²) in [5.74, 6) is 0.803. The topological polar surface area (TPSA) is 63.2 Å². The van der Waals surface area contributed by atoms with Crippen molar-refractivity contribution >= 4 is 27.5 Å². The average Bonchev–Trinajstić information content (AvgIpc) is 2.40. The van der Waals surface area contributed by atoms with E-state index in [0.717, 1.165) is 4.90 Å². The van der Waals surface area contributed by atoms with E-state index >= 15 is 0 Å². The highest BCUT2D eigenvalue weighted by Gasteiger charge is 2.33. The molecular formula is C16H23NO3S2. The van der Waals surface area contributed by atoms with Crippen LogP contribution in [0.5, 0.6) is 0 Å². The number of rotatable bonds is 5. The van der Waals surface area contributed by atoms with Crippen LogP contribution >= 0.6 is 11.8 Å². The van der Waals surface area contributed by atoms with E-state index in [1.807, 2.05) is 12.1 Å². The Labute approximate surface area is 137 Å². The van der Waals surface area contributed by atoms with Crippen molar-refractivity contribution in [2.24, 2.45) is 5.92 Å². The van der Waals surface area contributed by atoms with Gasteiger partial charge in [0, 0.05) is 17.4 Å². The minimum Gasteiger partial charge on any atom is -0.355 e. The van der Waals surface area contributed by atoms with Gasteiger partial charge < -0.3 is 5.32 Å². The Hall–Kier alpha value is -1.01. The third-order valence-corrected chi connectivity index (χ3v) is 6.63. The number of hydrogen-bond acceptors (Lipinski definition) is 4. The van der Waals surface area contributed by atoms with Crippen LogP contribution in [-0.4, -0.2) is 38.1 Å². The first-order chi connectivity index (χ1) is 10.2. The van der Waals surface area contributed by atoms with E-state index in [0.29, 0.717) is 12.3 Å². The average molecular weight is 341 g/mol. The van der Waals surface area contributed by atoms with Crippen LogP contribution in [0.25, 0.3) is 0 Å². The first-order valence-corrected chi connectivity index (χ1v) is 10.2. The van der Waals surface area contributed by atoms with Crippen LogP contribution in [0.3, 0.4) is 0 Å². The van der Waals surface area contributed by atoms with E-state index in [9.17, 15) is 13.2 Å². The SMILES string of the molecule is CC(C)(C)c1ccc(SCC(=O)NCC2CS(=O)(=O)C2)cc1. The maximum atomic E-state index is 11.8. The van der Waals surface area contributed by atoms with Crippen LogP contribution < -0.4 is 5.32 Å². The molecule has 1 N–H and O–H groups in total. The van der Waals surface area contributed by atoms with Crippen molar-refractivity contribution in [2.75, 3.05) is 23.8 Å². The Balaban J connectivity index is 1.72. The summed E-state index contributed by atoms with van der Waals surface area (Å²) in [5.41, 5.74) is 1.40. The third-order valence-electron chi connectivity index (χ3n) is 3.66. The first-order valence-electron chi connectivity index (χ1n) is 7.36. The molecule has 0 spiro atoms. The van der Waals surface area contributed by atoms with E-state index in [1.165, 1.54) is 17.3 Å². The zero-order chi connectivity index (χ0) is 16.4. The normalized spacial score (nSPS) is 17.8. The molecule has 6 heteroatoms. The van der Waals surface area contributed by atoms with E-state index in [1.54, 1.807) is 0 Å². The van der Waals surface area contributed by atoms with Gasteiger partial charge in [0.05, 0.1) is 17.3 Å². The minimum atomic E-state index is -2.81. The number of carbonyl (C=O) groups is 1. The highest BCUT2D eigenvalue weighted by molar-refractivity contribution is 8.00. The van der Waals surface area contributed by atoms with Gasteiger partial charge in [-0.05, 0) is 23.1 Å². The summed E-state index contributed by atoms with van der Waals surface area (Å²) in [7, 11) is -2.81. The highest BCUT2D eigenvalue weighted by Crippen LogP contribution is 2.25. The molecule has 1 aliphatic heterocycles. The van der Waals surface area contributed by atoms with Crippen LogP contribution in [0.4, 0.5) is 0 Å². The second-order valence-corrected chi connectivity index (χ2v) is 10.0. The molecule has 2 rings (SSSR count). The molecule has 0 radical (unpaired) electrons. The predicted molar refractivity (Wildman–Crippen MR) is 91.0 cm³/mol. The minimum absolute atomic E-state index is 0.0470. The number of sulfone groups is 1. The molecule has 1 fully saturated rings. The predicted octanol–water partition coefficient (Wildman–Crippen LogP) is 2.24. The molecule has 122 valence electrons. The Morgan fingerprint density at radius 2 is 1.82 bits per heavy atom. The number of carbonyl (C=O) groups excluding carboxylic acids is 1. The van der Waals surface area contributed by atoms with Gasteiger partial charge in [-0.1, -0.05) is 32.9 Å². The molecule has 0 atom stereocenters. The molecule has 1 aromatic carbocycles. The van der Waals surface area contributed by atoms with Crippen molar-refractivity contribution in [1.29, 1.82) is 0 Å². The van der Waals surface area contributed by atoms with Gasteiger partial charge in [0.1, 0.15) is 0 Å². The van der Waals surface area contributed by atoms with Gasteiger partial charge in [-0.3, -0.25) is 4.79 Å². The monoisotopic (exact) mass is 341 g/mol. The van der Waals surface area contributed by atoms with Crippen molar-refractivity contribution in [3.05, 3.63) is 29.8 Å². The lowest BCUT2D eigenvalue weighted by Gasteiger charge is -2.25. The van der Waals surface area contributed by atoms with Gasteiger partial charge in [0.15, 0.2) is 9.84 Å². The fourth-order valence-corrected chi connectivity index (χ4v) is 4.60. The molecule has 0 unspecified atom stereocenters. The molecule has 4 nitrogen and oxygen atoms in total. The number of benzene rings is 1. The maximum Gasteiger partial charge on any atom is 0.230 e. The van der Waals surface area contributed by atoms with Gasteiger partial charge in [0.25, 0.3) is 0 Å². The Morgan fingerprint density at radius 3 is 2.32 bits per heavy atom. The summed E-state index contributed by atoms with van der Waals surface area (Å²) < 4.78 is 22.1. The molecular weight excluding hydrogens is 318 g/mol. The molecule has 1 amide bonds. The summed E-state index contributed by atoms with van der Waals surface area (Å²) in [5, 5.41) is 2.80. The molecule has 1 aromatic rings. The third kappa shape index (κ3) is 5.02. The molecule has 1 heterocycles. The summed E-state index contributed by atoms with van der Waals surface area (Å²) >= 11 is 1.49. The second-order valence-electron chi connectivity index (χ2n) is 6.81. The van der Waals surface area contributed by atoms with Crippen LogP contribution in [0.2, 0.25) is 0 Å². The number of thioether (sulfide) groups is 1. The zero-order valence-electron chi connectivity index (χ0n) is 13.3. The van der Waals surface area contributed by atoms with Gasteiger partial charge in [0.2, 0.25) is 5.91 Å². The molecule has 22 heavy (non-hydrogen) atoms. The van der Waals surface area contributed by atoms with Gasteiger partial charge in [-0.15, -0.1) is 11.8 Å². The van der Waals surface area contributed by atoms with E-state index in [-0.39, 0.29) is 28.7 Å². The van der Waals surface area contributed by atoms with Crippen molar-refractivity contribution < 1.29 is 13.2 Å². The largest absolute Gasteiger partial charge is 0.355 e. The van der Waals surface area contributed by atoms with Crippen LogP contribution in [0, 0.1) is 5.92 Å². The maximum absolute atomic E-state index is 11.8. The lowest BCUT2D eigenvalue weighted by atomic mass is 9.87. The van der Waals surface area contributed by atoms with Crippen molar-refractivity contribution in [3.8, 4) is 0 Å². The fraction of sp³-hybridized carbons (Fsp3) is 0.562. The molecule has 0 saturated carbocycles. The second kappa shape index (κ2) is 6.62. The lowest BCUT2D eigenvalue weighted by Crippen LogP contribution is -2.44. The summed E-state index contributed by atoms with van der Waals surface area (Å²) in [6, 6.07) is 8.27.